The molecule has 15 nitrogen and oxygen atoms in total. The van der Waals surface area contributed by atoms with E-state index in [4.69, 9.17) is 55.6 Å². The summed E-state index contributed by atoms with van der Waals surface area (Å²) < 4.78 is 72.5. The lowest BCUT2D eigenvalue weighted by atomic mass is 10.3. The quantitative estimate of drug-likeness (QED) is 0.0305. The summed E-state index contributed by atoms with van der Waals surface area (Å²) in [6.45, 7) is 27.0. The van der Waals surface area contributed by atoms with E-state index in [0.717, 1.165) is 38.5 Å². The predicted molar refractivity (Wildman–Crippen MR) is 218 cm³/mol. The summed E-state index contributed by atoms with van der Waals surface area (Å²) in [6, 6.07) is 0. The molecule has 1 aliphatic rings. The fourth-order valence-corrected chi connectivity index (χ4v) is 15.6. The zero-order valence-electron chi connectivity index (χ0n) is 32.4. The molecule has 0 unspecified atom stereocenters. The molecule has 1 fully saturated rings. The summed E-state index contributed by atoms with van der Waals surface area (Å²) in [7, 11) is -9.74. The number of ether oxygens (including phenoxy) is 6. The van der Waals surface area contributed by atoms with Crippen molar-refractivity contribution >= 4 is 24.1 Å². The maximum Gasteiger partial charge on any atom is 0.510 e. The lowest BCUT2D eigenvalue weighted by Gasteiger charge is -2.35. The Bertz CT molecular complexity index is 798. The normalized spacial score (nSPS) is 15.3. The first kappa shape index (κ1) is 50.2. The molecule has 0 aromatic heterocycles. The van der Waals surface area contributed by atoms with Gasteiger partial charge in [0.05, 0.1) is 131 Å². The molecule has 0 radical (unpaired) electrons. The Hall–Kier alpha value is -1.83. The van der Waals surface area contributed by atoms with Crippen LogP contribution >= 0.6 is 24.1 Å². The van der Waals surface area contributed by atoms with Crippen LogP contribution in [0.3, 0.4) is 0 Å². The van der Waals surface area contributed by atoms with Gasteiger partial charge >= 0.3 is 24.1 Å². The lowest BCUT2D eigenvalue weighted by molar-refractivity contribution is 0.159. The first-order chi connectivity index (χ1) is 26.5. The van der Waals surface area contributed by atoms with Gasteiger partial charge in [-0.2, -0.15) is 27.1 Å². The molecule has 1 saturated heterocycles. The Kier molecular flexibility index (Phi) is 32.0. The Balaban J connectivity index is 3.56. The van der Waals surface area contributed by atoms with Gasteiger partial charge in [-0.25, -0.2) is 0 Å². The minimum atomic E-state index is -3.25. The Labute approximate surface area is 326 Å². The molecule has 0 spiro atoms. The molecule has 0 bridgehead atoms. The van der Waals surface area contributed by atoms with E-state index in [0.29, 0.717) is 118 Å². The van der Waals surface area contributed by atoms with E-state index < -0.39 is 24.1 Å². The average Bonchev–Trinajstić information content (AvgIpc) is 3.17. The molecule has 0 aromatic rings. The SMILES string of the molecule is C=COCCCCO[P+]1(OCCCCOC=C)N[P+](OCCCCOC=C)(OCCCCOC=C)N[P+](OCCCCOC=C)(OCCCCOC=C)N1. The number of hydrogen-bond donors (Lipinski definition) is 3. The molecular formula is C36H69N3O12P3+3. The highest BCUT2D eigenvalue weighted by Crippen LogP contribution is 2.82. The van der Waals surface area contributed by atoms with Crippen molar-refractivity contribution in [3.63, 3.8) is 0 Å². The van der Waals surface area contributed by atoms with E-state index in [9.17, 15) is 0 Å². The molecule has 0 amide bonds. The van der Waals surface area contributed by atoms with Crippen molar-refractivity contribution in [2.45, 2.75) is 77.0 Å². The Morgan fingerprint density at radius 3 is 0.556 bits per heavy atom. The maximum absolute atomic E-state index is 6.74. The van der Waals surface area contributed by atoms with Crippen molar-refractivity contribution in [2.24, 2.45) is 0 Å². The van der Waals surface area contributed by atoms with Gasteiger partial charge in [0.25, 0.3) is 0 Å². The van der Waals surface area contributed by atoms with Crippen LogP contribution in [0.4, 0.5) is 0 Å². The molecule has 0 saturated carbocycles. The van der Waals surface area contributed by atoms with Gasteiger partial charge in [0.1, 0.15) is 0 Å². The highest BCUT2D eigenvalue weighted by atomic mass is 31.3. The zero-order chi connectivity index (χ0) is 39.3. The lowest BCUT2D eigenvalue weighted by Crippen LogP contribution is -2.48. The summed E-state index contributed by atoms with van der Waals surface area (Å²) in [5, 5.41) is 0. The number of unbranched alkanes of at least 4 members (excludes halogenated alkanes) is 6. The average molecular weight is 829 g/mol. The van der Waals surface area contributed by atoms with Crippen LogP contribution in [0.1, 0.15) is 77.0 Å². The summed E-state index contributed by atoms with van der Waals surface area (Å²) in [5.41, 5.74) is 0. The topological polar surface area (TPSA) is 147 Å². The molecule has 54 heavy (non-hydrogen) atoms. The molecule has 1 aliphatic heterocycles. The van der Waals surface area contributed by atoms with Gasteiger partial charge in [0.15, 0.2) is 0 Å². The molecule has 3 N–H and O–H groups in total. The molecule has 0 aromatic carbocycles. The van der Waals surface area contributed by atoms with Crippen LogP contribution in [0, 0.1) is 0 Å². The second kappa shape index (κ2) is 34.4. The summed E-state index contributed by atoms with van der Waals surface area (Å²) >= 11 is 0. The maximum atomic E-state index is 6.74. The van der Waals surface area contributed by atoms with Crippen molar-refractivity contribution in [2.75, 3.05) is 79.3 Å². The van der Waals surface area contributed by atoms with E-state index in [2.05, 4.69) is 54.0 Å². The minimum absolute atomic E-state index is 0.351. The first-order valence-corrected chi connectivity index (χ1v) is 23.6. The number of rotatable bonds is 42. The smallest absolute Gasteiger partial charge is 0.502 e. The summed E-state index contributed by atoms with van der Waals surface area (Å²) in [4.78, 5) is 10.8. The van der Waals surface area contributed by atoms with Crippen LogP contribution in [0.5, 0.6) is 0 Å². The van der Waals surface area contributed by atoms with Crippen LogP contribution in [0.2, 0.25) is 0 Å². The second-order valence-electron chi connectivity index (χ2n) is 11.4. The van der Waals surface area contributed by atoms with E-state index in [1.165, 1.54) is 37.6 Å². The first-order valence-electron chi connectivity index (χ1n) is 18.8. The molecule has 18 heteroatoms. The van der Waals surface area contributed by atoms with E-state index >= 15 is 0 Å². The molecule has 1 rings (SSSR count). The van der Waals surface area contributed by atoms with Crippen LogP contribution in [0.25, 0.3) is 0 Å². The van der Waals surface area contributed by atoms with Gasteiger partial charge in [-0.3, -0.25) is 0 Å². The predicted octanol–water partition coefficient (Wildman–Crippen LogP) is 9.54. The fraction of sp³-hybridized carbons (Fsp3) is 0.667. The Morgan fingerprint density at radius 1 is 0.259 bits per heavy atom. The summed E-state index contributed by atoms with van der Waals surface area (Å²) in [5.74, 6) is 0. The molecular weight excluding hydrogens is 759 g/mol. The van der Waals surface area contributed by atoms with Crippen LogP contribution in [-0.4, -0.2) is 79.3 Å². The number of nitrogens with one attached hydrogen (secondary N) is 3. The van der Waals surface area contributed by atoms with Crippen LogP contribution in [-0.2, 0) is 55.6 Å². The third-order valence-corrected chi connectivity index (χ3v) is 16.7. The van der Waals surface area contributed by atoms with Gasteiger partial charge in [-0.05, 0) is 77.0 Å². The monoisotopic (exact) mass is 828 g/mol. The fourth-order valence-electron chi connectivity index (χ4n) is 4.43. The van der Waals surface area contributed by atoms with Crippen molar-refractivity contribution in [3.05, 3.63) is 77.0 Å². The van der Waals surface area contributed by atoms with Crippen molar-refractivity contribution in [1.29, 1.82) is 0 Å². The van der Waals surface area contributed by atoms with Gasteiger partial charge in [0.2, 0.25) is 0 Å². The molecule has 1 heterocycles. The zero-order valence-corrected chi connectivity index (χ0v) is 35.1. The van der Waals surface area contributed by atoms with Gasteiger partial charge in [-0.15, -0.1) is 0 Å². The van der Waals surface area contributed by atoms with Crippen molar-refractivity contribution < 1.29 is 55.6 Å². The van der Waals surface area contributed by atoms with Crippen molar-refractivity contribution in [3.8, 4) is 0 Å². The van der Waals surface area contributed by atoms with Gasteiger partial charge in [-0.1, -0.05) is 39.5 Å². The second-order valence-corrected chi connectivity index (χ2v) is 18.7. The third kappa shape index (κ3) is 24.6. The van der Waals surface area contributed by atoms with Gasteiger partial charge in [0, 0.05) is 0 Å². The van der Waals surface area contributed by atoms with Gasteiger partial charge < -0.3 is 28.4 Å². The Morgan fingerprint density at radius 2 is 0.407 bits per heavy atom. The highest BCUT2D eigenvalue weighted by Gasteiger charge is 2.80. The largest absolute Gasteiger partial charge is 0.510 e. The van der Waals surface area contributed by atoms with E-state index in [1.54, 1.807) is 0 Å². The molecule has 0 atom stereocenters. The van der Waals surface area contributed by atoms with Crippen molar-refractivity contribution in [1.82, 2.24) is 14.6 Å². The summed E-state index contributed by atoms with van der Waals surface area (Å²) in [6.07, 6.45) is 17.3. The molecule has 0 aliphatic carbocycles. The van der Waals surface area contributed by atoms with E-state index in [1.807, 2.05) is 0 Å². The van der Waals surface area contributed by atoms with Crippen LogP contribution < -0.4 is 14.6 Å². The minimum Gasteiger partial charge on any atom is -0.502 e. The van der Waals surface area contributed by atoms with Crippen LogP contribution in [0.15, 0.2) is 77.0 Å². The third-order valence-electron chi connectivity index (χ3n) is 7.07. The number of hydrogen-bond acceptors (Lipinski definition) is 15. The van der Waals surface area contributed by atoms with E-state index in [-0.39, 0.29) is 0 Å². The standard InChI is InChI=1S/C36H69N3O12P3/c1-7-40-25-13-19-31-46-52(47-32-20-14-26-41-8-2)37-53(48-33-21-15-27-42-9-3,49-34-22-16-28-43-10-4)39-54(38-52,50-35-23-17-29-44-11-5)51-36-24-18-30-45-12-6/h7-12,37-39H,1-6,13-36H2/q+3. The highest BCUT2D eigenvalue weighted by molar-refractivity contribution is 7.92. The molecule has 312 valence electrons.